The van der Waals surface area contributed by atoms with Crippen LogP contribution in [0.3, 0.4) is 0 Å². The Labute approximate surface area is 79.7 Å². The molecule has 0 fully saturated rings. The van der Waals surface area contributed by atoms with Gasteiger partial charge in [0.2, 0.25) is 0 Å². The van der Waals surface area contributed by atoms with Crippen molar-refractivity contribution in [2.75, 3.05) is 0 Å². The van der Waals surface area contributed by atoms with E-state index in [-0.39, 0.29) is 4.90 Å². The van der Waals surface area contributed by atoms with Gasteiger partial charge in [-0.25, -0.2) is 0 Å². The Kier molecular flexibility index (Phi) is 3.59. The predicted octanol–water partition coefficient (Wildman–Crippen LogP) is 0.848. The molecule has 1 aromatic carbocycles. The van der Waals surface area contributed by atoms with E-state index in [1.807, 2.05) is 0 Å². The zero-order valence-electron chi connectivity index (χ0n) is 7.27. The molecule has 0 aliphatic rings. The van der Waals surface area contributed by atoms with E-state index in [1.165, 1.54) is 12.1 Å². The van der Waals surface area contributed by atoms with Crippen LogP contribution in [0.2, 0.25) is 0 Å². The van der Waals surface area contributed by atoms with Gasteiger partial charge in [-0.15, -0.1) is 0 Å². The van der Waals surface area contributed by atoms with E-state index >= 15 is 0 Å². The fourth-order valence-corrected chi connectivity index (χ4v) is 1.44. The Hall–Kier alpha value is -0.710. The first-order chi connectivity index (χ1) is 6.09. The summed E-state index contributed by atoms with van der Waals surface area (Å²) in [5.41, 5.74) is 0.934. The van der Waals surface area contributed by atoms with Crippen molar-refractivity contribution in [2.24, 2.45) is 0 Å². The number of benzene rings is 1. The van der Waals surface area contributed by atoms with Crippen molar-refractivity contribution in [2.45, 2.75) is 24.3 Å². The molecule has 0 aromatic heterocycles. The second kappa shape index (κ2) is 4.50. The van der Waals surface area contributed by atoms with Gasteiger partial charge < -0.3 is 9.66 Å². The number of rotatable bonds is 3. The summed E-state index contributed by atoms with van der Waals surface area (Å²) in [6, 6.07) is 6.47. The largest absolute Gasteiger partial charge is 0.768 e. The first kappa shape index (κ1) is 10.4. The van der Waals surface area contributed by atoms with Crippen LogP contribution >= 0.6 is 0 Å². The molecule has 0 aliphatic heterocycles. The maximum atomic E-state index is 10.5. The third-order valence-electron chi connectivity index (χ3n) is 1.65. The van der Waals surface area contributed by atoms with Gasteiger partial charge >= 0.3 is 0 Å². The smallest absolute Gasteiger partial charge is 0.0552 e. The normalized spacial score (nSPS) is 15.3. The van der Waals surface area contributed by atoms with Gasteiger partial charge in [0.15, 0.2) is 0 Å². The molecule has 0 bridgehead atoms. The molecule has 1 rings (SSSR count). The summed E-state index contributed by atoms with van der Waals surface area (Å²) in [5.74, 6) is 0. The summed E-state index contributed by atoms with van der Waals surface area (Å²) in [6.07, 6.45) is 0.148. The van der Waals surface area contributed by atoms with Crippen LogP contribution in [0.25, 0.3) is 0 Å². The molecule has 0 amide bonds. The zero-order chi connectivity index (χ0) is 9.84. The molecule has 2 atom stereocenters. The van der Waals surface area contributed by atoms with E-state index in [4.69, 9.17) is 5.11 Å². The minimum absolute atomic E-state index is 0.273. The average Bonchev–Trinajstić information content (AvgIpc) is 2.04. The van der Waals surface area contributed by atoms with Crippen molar-refractivity contribution in [1.29, 1.82) is 0 Å². The molecule has 0 radical (unpaired) electrons. The van der Waals surface area contributed by atoms with Gasteiger partial charge in [0.05, 0.1) is 6.10 Å². The van der Waals surface area contributed by atoms with Crippen LogP contribution in [0.1, 0.15) is 12.5 Å². The molecule has 0 saturated heterocycles. The summed E-state index contributed by atoms with van der Waals surface area (Å²) in [4.78, 5) is 0.273. The molecular weight excluding hydrogens is 188 g/mol. The highest BCUT2D eigenvalue weighted by atomic mass is 32.2. The third kappa shape index (κ3) is 3.26. The lowest BCUT2D eigenvalue weighted by atomic mass is 10.1. The molecule has 72 valence electrons. The Balaban J connectivity index is 2.75. The lowest BCUT2D eigenvalue weighted by Gasteiger charge is -2.07. The second-order valence-electron chi connectivity index (χ2n) is 2.93. The predicted molar refractivity (Wildman–Crippen MR) is 49.0 cm³/mol. The first-order valence-corrected chi connectivity index (χ1v) is 5.03. The Morgan fingerprint density at radius 1 is 1.46 bits per heavy atom. The summed E-state index contributed by atoms with van der Waals surface area (Å²) in [5, 5.41) is 9.06. The molecule has 1 aromatic rings. The highest BCUT2D eigenvalue weighted by Crippen LogP contribution is 2.08. The van der Waals surface area contributed by atoms with Gasteiger partial charge in [0.25, 0.3) is 0 Å². The Morgan fingerprint density at radius 3 is 2.38 bits per heavy atom. The SMILES string of the molecule is CC(O)Cc1ccc(S(=O)[O-])cc1. The minimum Gasteiger partial charge on any atom is -0.768 e. The summed E-state index contributed by atoms with van der Waals surface area (Å²) < 4.78 is 21.0. The second-order valence-corrected chi connectivity index (χ2v) is 3.87. The van der Waals surface area contributed by atoms with Crippen molar-refractivity contribution in [3.63, 3.8) is 0 Å². The van der Waals surface area contributed by atoms with Gasteiger partial charge in [-0.1, -0.05) is 12.1 Å². The lowest BCUT2D eigenvalue weighted by Crippen LogP contribution is -2.03. The van der Waals surface area contributed by atoms with Crippen LogP contribution in [0.5, 0.6) is 0 Å². The van der Waals surface area contributed by atoms with Crippen LogP contribution < -0.4 is 0 Å². The summed E-state index contributed by atoms with van der Waals surface area (Å²) in [7, 11) is 0. The molecule has 0 aliphatic carbocycles. The lowest BCUT2D eigenvalue weighted by molar-refractivity contribution is 0.195. The van der Waals surface area contributed by atoms with Gasteiger partial charge in [-0.2, -0.15) is 0 Å². The maximum Gasteiger partial charge on any atom is 0.0552 e. The molecular formula is C9H11O3S-. The first-order valence-electron chi connectivity index (χ1n) is 3.96. The topological polar surface area (TPSA) is 60.4 Å². The van der Waals surface area contributed by atoms with Crippen LogP contribution in [0.15, 0.2) is 29.2 Å². The fourth-order valence-electron chi connectivity index (χ4n) is 1.08. The quantitative estimate of drug-likeness (QED) is 0.734. The van der Waals surface area contributed by atoms with Gasteiger partial charge in [-0.05, 0) is 42.1 Å². The number of aliphatic hydroxyl groups is 1. The average molecular weight is 199 g/mol. The molecule has 4 heteroatoms. The molecule has 0 spiro atoms. The monoisotopic (exact) mass is 199 g/mol. The number of hydrogen-bond acceptors (Lipinski definition) is 3. The van der Waals surface area contributed by atoms with Gasteiger partial charge in [-0.3, -0.25) is 4.21 Å². The Morgan fingerprint density at radius 2 is 2.00 bits per heavy atom. The molecule has 1 N–H and O–H groups in total. The van der Waals surface area contributed by atoms with Crippen molar-refractivity contribution >= 4 is 11.1 Å². The maximum absolute atomic E-state index is 10.5. The van der Waals surface area contributed by atoms with Crippen LogP contribution in [0, 0.1) is 0 Å². The van der Waals surface area contributed by atoms with Gasteiger partial charge in [0.1, 0.15) is 0 Å². The molecule has 3 nitrogen and oxygen atoms in total. The van der Waals surface area contributed by atoms with Crippen LogP contribution in [0.4, 0.5) is 0 Å². The number of hydrogen-bond donors (Lipinski definition) is 1. The Bertz CT molecular complexity index is 292. The van der Waals surface area contributed by atoms with E-state index in [0.717, 1.165) is 5.56 Å². The molecule has 0 heterocycles. The standard InChI is InChI=1S/C9H12O3S/c1-7(10)6-8-2-4-9(5-3-8)13(11)12/h2-5,7,10H,6H2,1H3,(H,11,12)/p-1. The highest BCUT2D eigenvalue weighted by molar-refractivity contribution is 7.79. The van der Waals surface area contributed by atoms with Gasteiger partial charge in [0, 0.05) is 4.90 Å². The third-order valence-corrected chi connectivity index (χ3v) is 2.30. The number of aliphatic hydroxyl groups excluding tert-OH is 1. The van der Waals surface area contributed by atoms with Crippen molar-refractivity contribution in [3.8, 4) is 0 Å². The molecule has 0 saturated carbocycles. The van der Waals surface area contributed by atoms with Crippen molar-refractivity contribution < 1.29 is 13.9 Å². The summed E-state index contributed by atoms with van der Waals surface area (Å²) >= 11 is -2.16. The van der Waals surface area contributed by atoms with E-state index < -0.39 is 17.2 Å². The van der Waals surface area contributed by atoms with E-state index in [2.05, 4.69) is 0 Å². The van der Waals surface area contributed by atoms with Crippen molar-refractivity contribution in [1.82, 2.24) is 0 Å². The summed E-state index contributed by atoms with van der Waals surface area (Å²) in [6.45, 7) is 1.69. The van der Waals surface area contributed by atoms with E-state index in [0.29, 0.717) is 6.42 Å². The van der Waals surface area contributed by atoms with E-state index in [1.54, 1.807) is 19.1 Å². The van der Waals surface area contributed by atoms with Crippen LogP contribution in [-0.2, 0) is 17.5 Å². The van der Waals surface area contributed by atoms with Crippen molar-refractivity contribution in [3.05, 3.63) is 29.8 Å². The molecule has 2 unspecified atom stereocenters. The fraction of sp³-hybridized carbons (Fsp3) is 0.333. The van der Waals surface area contributed by atoms with E-state index in [9.17, 15) is 8.76 Å². The zero-order valence-corrected chi connectivity index (χ0v) is 8.08. The van der Waals surface area contributed by atoms with Crippen LogP contribution in [-0.4, -0.2) is 20.0 Å². The highest BCUT2D eigenvalue weighted by Gasteiger charge is 1.98. The molecule has 13 heavy (non-hydrogen) atoms. The minimum atomic E-state index is -2.16.